The molecule has 7 heteroatoms. The van der Waals surface area contributed by atoms with Crippen molar-refractivity contribution in [2.24, 2.45) is 0 Å². The maximum absolute atomic E-state index is 12.4. The quantitative estimate of drug-likeness (QED) is 0.392. The Hall–Kier alpha value is -3.29. The molecule has 142 valence electrons. The van der Waals surface area contributed by atoms with Gasteiger partial charge < -0.3 is 10.3 Å². The van der Waals surface area contributed by atoms with E-state index in [4.69, 9.17) is 0 Å². The van der Waals surface area contributed by atoms with Gasteiger partial charge in [-0.1, -0.05) is 48.5 Å². The van der Waals surface area contributed by atoms with Gasteiger partial charge in [0.1, 0.15) is 5.01 Å². The van der Waals surface area contributed by atoms with Crippen molar-refractivity contribution in [1.29, 1.82) is 0 Å². The molecule has 0 atom stereocenters. The van der Waals surface area contributed by atoms with E-state index >= 15 is 0 Å². The summed E-state index contributed by atoms with van der Waals surface area (Å²) in [5, 5.41) is 9.41. The van der Waals surface area contributed by atoms with Crippen molar-refractivity contribution in [3.05, 3.63) is 77.2 Å². The molecular formula is C22H16N4OS2. The normalized spacial score (nSPS) is 11.0. The van der Waals surface area contributed by atoms with Crippen molar-refractivity contribution in [2.45, 2.75) is 6.42 Å². The molecule has 5 nitrogen and oxygen atoms in total. The van der Waals surface area contributed by atoms with Crippen LogP contribution in [-0.4, -0.2) is 20.9 Å². The second-order valence-corrected chi connectivity index (χ2v) is 8.24. The van der Waals surface area contributed by atoms with E-state index in [0.717, 1.165) is 38.4 Å². The van der Waals surface area contributed by atoms with Crippen LogP contribution in [0.1, 0.15) is 5.69 Å². The van der Waals surface area contributed by atoms with Crippen LogP contribution in [0.2, 0.25) is 0 Å². The number of carbonyl (C=O) groups is 1. The second-order valence-electron chi connectivity index (χ2n) is 6.52. The third kappa shape index (κ3) is 3.70. The number of hydrogen-bond acceptors (Lipinski definition) is 5. The lowest BCUT2D eigenvalue weighted by Crippen LogP contribution is -2.14. The molecule has 0 aliphatic heterocycles. The molecule has 0 aliphatic carbocycles. The predicted molar refractivity (Wildman–Crippen MR) is 119 cm³/mol. The van der Waals surface area contributed by atoms with E-state index in [1.807, 2.05) is 65.5 Å². The van der Waals surface area contributed by atoms with Crippen LogP contribution in [-0.2, 0) is 11.2 Å². The minimum absolute atomic E-state index is 0.116. The number of rotatable bonds is 5. The number of H-pyrrole nitrogens is 1. The minimum atomic E-state index is -0.116. The molecule has 0 spiro atoms. The highest BCUT2D eigenvalue weighted by Crippen LogP contribution is 2.31. The van der Waals surface area contributed by atoms with Crippen LogP contribution in [0.4, 0.5) is 5.13 Å². The number of fused-ring (bicyclic) bond motifs is 1. The standard InChI is InChI=1S/C22H16N4OS2/c27-20(10-15-12-28-21(24-15)14-6-2-1-3-7-14)26-22-25-19(13-29-22)17-11-23-18-9-5-4-8-16(17)18/h1-9,11-13,23H,10H2,(H,25,26,27). The third-order valence-corrected chi connectivity index (χ3v) is 6.23. The highest BCUT2D eigenvalue weighted by Gasteiger charge is 2.13. The number of hydrogen-bond donors (Lipinski definition) is 2. The molecule has 29 heavy (non-hydrogen) atoms. The second kappa shape index (κ2) is 7.62. The van der Waals surface area contributed by atoms with Gasteiger partial charge in [0, 0.05) is 39.0 Å². The molecule has 0 unspecified atom stereocenters. The number of aromatic nitrogens is 3. The van der Waals surface area contributed by atoms with E-state index in [1.54, 1.807) is 11.3 Å². The van der Waals surface area contributed by atoms with Crippen LogP contribution in [0.5, 0.6) is 0 Å². The maximum atomic E-state index is 12.4. The number of benzene rings is 2. The summed E-state index contributed by atoms with van der Waals surface area (Å²) in [6.45, 7) is 0. The largest absolute Gasteiger partial charge is 0.360 e. The van der Waals surface area contributed by atoms with Crippen LogP contribution < -0.4 is 5.32 Å². The summed E-state index contributed by atoms with van der Waals surface area (Å²) < 4.78 is 0. The zero-order valence-electron chi connectivity index (χ0n) is 15.3. The molecule has 3 aromatic heterocycles. The predicted octanol–water partition coefficient (Wildman–Crippen LogP) is 5.60. The fourth-order valence-electron chi connectivity index (χ4n) is 3.17. The molecule has 5 aromatic rings. The van der Waals surface area contributed by atoms with Crippen LogP contribution in [0, 0.1) is 0 Å². The van der Waals surface area contributed by atoms with Gasteiger partial charge in [-0.05, 0) is 6.07 Å². The van der Waals surface area contributed by atoms with Gasteiger partial charge in [0.15, 0.2) is 5.13 Å². The Bertz CT molecular complexity index is 1290. The minimum Gasteiger partial charge on any atom is -0.360 e. The molecule has 5 rings (SSSR count). The molecule has 0 aliphatic rings. The van der Waals surface area contributed by atoms with Crippen LogP contribution in [0.15, 0.2) is 71.6 Å². The molecule has 2 aromatic carbocycles. The monoisotopic (exact) mass is 416 g/mol. The van der Waals surface area contributed by atoms with Crippen LogP contribution in [0.3, 0.4) is 0 Å². The Labute approximate surface area is 175 Å². The molecule has 0 radical (unpaired) electrons. The first kappa shape index (κ1) is 17.8. The first-order valence-electron chi connectivity index (χ1n) is 9.08. The number of nitrogens with one attached hydrogen (secondary N) is 2. The Morgan fingerprint density at radius 3 is 2.69 bits per heavy atom. The Kier molecular flexibility index (Phi) is 4.67. The molecule has 3 heterocycles. The van der Waals surface area contributed by atoms with Gasteiger partial charge in [0.25, 0.3) is 0 Å². The summed E-state index contributed by atoms with van der Waals surface area (Å²) in [5.41, 5.74) is 4.78. The lowest BCUT2D eigenvalue weighted by Gasteiger charge is -1.99. The van der Waals surface area contributed by atoms with Crippen molar-refractivity contribution in [1.82, 2.24) is 15.0 Å². The Morgan fingerprint density at radius 1 is 0.966 bits per heavy atom. The number of carbonyl (C=O) groups excluding carboxylic acids is 1. The van der Waals surface area contributed by atoms with E-state index in [9.17, 15) is 4.79 Å². The van der Waals surface area contributed by atoms with Crippen LogP contribution in [0.25, 0.3) is 32.7 Å². The van der Waals surface area contributed by atoms with Crippen molar-refractivity contribution in [3.8, 4) is 21.8 Å². The van der Waals surface area contributed by atoms with Crippen molar-refractivity contribution in [2.75, 3.05) is 5.32 Å². The first-order chi connectivity index (χ1) is 14.3. The molecular weight excluding hydrogens is 400 g/mol. The fourth-order valence-corrected chi connectivity index (χ4v) is 4.72. The molecule has 0 saturated heterocycles. The van der Waals surface area contributed by atoms with E-state index in [-0.39, 0.29) is 12.3 Å². The van der Waals surface area contributed by atoms with Crippen LogP contribution >= 0.6 is 22.7 Å². The average molecular weight is 417 g/mol. The summed E-state index contributed by atoms with van der Waals surface area (Å²) >= 11 is 2.97. The van der Waals surface area contributed by atoms with Gasteiger partial charge in [-0.2, -0.15) is 0 Å². The van der Waals surface area contributed by atoms with E-state index in [0.29, 0.717) is 5.13 Å². The topological polar surface area (TPSA) is 70.7 Å². The number of aromatic amines is 1. The highest BCUT2D eigenvalue weighted by atomic mass is 32.1. The van der Waals surface area contributed by atoms with Gasteiger partial charge in [-0.25, -0.2) is 9.97 Å². The number of amides is 1. The molecule has 0 saturated carbocycles. The van der Waals surface area contributed by atoms with Gasteiger partial charge >= 0.3 is 0 Å². The number of para-hydroxylation sites is 1. The summed E-state index contributed by atoms with van der Waals surface area (Å²) in [6.07, 6.45) is 2.18. The maximum Gasteiger partial charge on any atom is 0.232 e. The number of nitrogens with zero attached hydrogens (tertiary/aromatic N) is 2. The summed E-state index contributed by atoms with van der Waals surface area (Å²) in [5.74, 6) is -0.116. The Morgan fingerprint density at radius 2 is 1.79 bits per heavy atom. The molecule has 2 N–H and O–H groups in total. The average Bonchev–Trinajstić information content (AvgIpc) is 3.48. The van der Waals surface area contributed by atoms with Gasteiger partial charge in [0.2, 0.25) is 5.91 Å². The van der Waals surface area contributed by atoms with E-state index < -0.39 is 0 Å². The smallest absolute Gasteiger partial charge is 0.232 e. The van der Waals surface area contributed by atoms with Gasteiger partial charge in [-0.3, -0.25) is 4.79 Å². The molecule has 1 amide bonds. The zero-order chi connectivity index (χ0) is 19.6. The van der Waals surface area contributed by atoms with Gasteiger partial charge in [-0.15, -0.1) is 22.7 Å². The molecule has 0 bridgehead atoms. The summed E-state index contributed by atoms with van der Waals surface area (Å²) in [7, 11) is 0. The first-order valence-corrected chi connectivity index (χ1v) is 10.8. The fraction of sp³-hybridized carbons (Fsp3) is 0.0455. The van der Waals surface area contributed by atoms with E-state index in [1.165, 1.54) is 11.3 Å². The van der Waals surface area contributed by atoms with Gasteiger partial charge in [0.05, 0.1) is 17.8 Å². The summed E-state index contributed by atoms with van der Waals surface area (Å²) in [6, 6.07) is 18.1. The summed E-state index contributed by atoms with van der Waals surface area (Å²) in [4.78, 5) is 24.9. The van der Waals surface area contributed by atoms with Crippen molar-refractivity contribution >= 4 is 44.6 Å². The zero-order valence-corrected chi connectivity index (χ0v) is 16.9. The van der Waals surface area contributed by atoms with Crippen molar-refractivity contribution in [3.63, 3.8) is 0 Å². The molecule has 0 fully saturated rings. The van der Waals surface area contributed by atoms with E-state index in [2.05, 4.69) is 26.3 Å². The lowest BCUT2D eigenvalue weighted by atomic mass is 10.1. The number of thiazole rings is 2. The van der Waals surface area contributed by atoms with Crippen molar-refractivity contribution < 1.29 is 4.79 Å². The third-order valence-electron chi connectivity index (χ3n) is 4.53. The SMILES string of the molecule is O=C(Cc1csc(-c2ccccc2)n1)Nc1nc(-c2c[nH]c3ccccc23)cs1. The number of anilines is 1. The highest BCUT2D eigenvalue weighted by molar-refractivity contribution is 7.14. The lowest BCUT2D eigenvalue weighted by molar-refractivity contribution is -0.115. The Balaban J connectivity index is 1.28.